The molecule has 5 heterocycles. The maximum absolute atomic E-state index is 13.5. The molecule has 0 saturated carbocycles. The number of anilines is 1. The van der Waals surface area contributed by atoms with Gasteiger partial charge in [0.25, 0.3) is 10.0 Å². The molecule has 3 aromatic heterocycles. The van der Waals surface area contributed by atoms with Crippen LogP contribution in [0.25, 0.3) is 11.0 Å². The lowest BCUT2D eigenvalue weighted by atomic mass is 10.0. The molecule has 5 rings (SSSR count). The second-order valence-corrected chi connectivity index (χ2v) is 13.0. The van der Waals surface area contributed by atoms with Crippen molar-refractivity contribution in [1.29, 1.82) is 0 Å². The molecule has 13 nitrogen and oxygen atoms in total. The molecule has 3 aromatic rings. The van der Waals surface area contributed by atoms with Crippen LogP contribution in [0.2, 0.25) is 0 Å². The van der Waals surface area contributed by atoms with Crippen LogP contribution in [0.3, 0.4) is 0 Å². The summed E-state index contributed by atoms with van der Waals surface area (Å²) in [5, 5.41) is 3.53. The SMILES string of the molecule is CC(C)N1C=CC(N(C(=O)OC(C)(C)C)c2cc3nc[nH]c3cn2)=NC1(C)c1cnn(S(=O)(=O)C2COC2)c1. The summed E-state index contributed by atoms with van der Waals surface area (Å²) in [6.07, 6.45) is 8.94. The second kappa shape index (κ2) is 9.45. The minimum atomic E-state index is -3.72. The van der Waals surface area contributed by atoms with Crippen molar-refractivity contribution in [2.24, 2.45) is 4.99 Å². The predicted octanol–water partition coefficient (Wildman–Crippen LogP) is 2.98. The van der Waals surface area contributed by atoms with Gasteiger partial charge in [-0.1, -0.05) is 0 Å². The Kier molecular flexibility index (Phi) is 6.50. The van der Waals surface area contributed by atoms with Crippen molar-refractivity contribution in [1.82, 2.24) is 29.0 Å². The minimum Gasteiger partial charge on any atom is -0.443 e. The van der Waals surface area contributed by atoms with E-state index in [1.165, 1.54) is 17.3 Å². The number of ether oxygens (including phenoxy) is 2. The molecule has 1 saturated heterocycles. The molecule has 2 aliphatic rings. The number of H-pyrrole nitrogens is 1. The minimum absolute atomic E-state index is 0.0231. The van der Waals surface area contributed by atoms with E-state index in [0.29, 0.717) is 16.6 Å². The lowest BCUT2D eigenvalue weighted by Crippen LogP contribution is -2.49. The maximum atomic E-state index is 13.5. The van der Waals surface area contributed by atoms with Gasteiger partial charge in [-0.3, -0.25) is 0 Å². The number of nitrogens with one attached hydrogen (secondary N) is 1. The molecular weight excluding hydrogens is 524 g/mol. The highest BCUT2D eigenvalue weighted by atomic mass is 32.2. The third-order valence-electron chi connectivity index (χ3n) is 6.50. The largest absolute Gasteiger partial charge is 0.443 e. The first kappa shape index (κ1) is 26.8. The van der Waals surface area contributed by atoms with Gasteiger partial charge in [-0.15, -0.1) is 0 Å². The zero-order valence-electron chi connectivity index (χ0n) is 22.7. The number of hydrogen-bond acceptors (Lipinski definition) is 10. The summed E-state index contributed by atoms with van der Waals surface area (Å²) in [5.41, 5.74) is -0.0311. The van der Waals surface area contributed by atoms with Crippen LogP contribution < -0.4 is 4.90 Å². The topological polar surface area (TPSA) is 148 Å². The van der Waals surface area contributed by atoms with E-state index in [1.54, 1.807) is 45.4 Å². The number of hydrogen-bond donors (Lipinski definition) is 1. The molecule has 0 aromatic carbocycles. The Bertz CT molecular complexity index is 1560. The normalized spacial score (nSPS) is 20.3. The number of pyridine rings is 1. The summed E-state index contributed by atoms with van der Waals surface area (Å²) in [4.78, 5) is 33.5. The highest BCUT2D eigenvalue weighted by molar-refractivity contribution is 7.90. The van der Waals surface area contributed by atoms with Gasteiger partial charge in [0.15, 0.2) is 5.66 Å². The summed E-state index contributed by atoms with van der Waals surface area (Å²) in [7, 11) is -3.72. The third-order valence-corrected chi connectivity index (χ3v) is 8.33. The number of carbonyl (C=O) groups is 1. The molecule has 39 heavy (non-hydrogen) atoms. The molecule has 1 amide bonds. The fourth-order valence-electron chi connectivity index (χ4n) is 4.41. The second-order valence-electron chi connectivity index (χ2n) is 10.9. The molecule has 2 aliphatic heterocycles. The number of aromatic amines is 1. The number of aliphatic imine (C=N–C) groups is 1. The van der Waals surface area contributed by atoms with Gasteiger partial charge in [-0.25, -0.2) is 33.1 Å². The molecule has 1 N–H and O–H groups in total. The van der Waals surface area contributed by atoms with Crippen LogP contribution in [-0.4, -0.2) is 79.5 Å². The Morgan fingerprint density at radius 2 is 2.00 bits per heavy atom. The van der Waals surface area contributed by atoms with Crippen molar-refractivity contribution in [3.8, 4) is 0 Å². The summed E-state index contributed by atoms with van der Waals surface area (Å²) in [6, 6.07) is 1.65. The third kappa shape index (κ3) is 4.89. The van der Waals surface area contributed by atoms with E-state index in [2.05, 4.69) is 20.1 Å². The van der Waals surface area contributed by atoms with E-state index < -0.39 is 32.6 Å². The van der Waals surface area contributed by atoms with Crippen molar-refractivity contribution >= 4 is 38.8 Å². The van der Waals surface area contributed by atoms with E-state index in [0.717, 1.165) is 4.09 Å². The van der Waals surface area contributed by atoms with Gasteiger partial charge in [-0.2, -0.15) is 9.19 Å². The van der Waals surface area contributed by atoms with Crippen LogP contribution in [0.4, 0.5) is 10.6 Å². The van der Waals surface area contributed by atoms with Crippen molar-refractivity contribution < 1.29 is 22.7 Å². The lowest BCUT2D eigenvalue weighted by molar-refractivity contribution is 0.0410. The fraction of sp³-hybridized carbons (Fsp3) is 0.480. The Morgan fingerprint density at radius 3 is 2.64 bits per heavy atom. The average Bonchev–Trinajstić information content (AvgIpc) is 3.47. The summed E-state index contributed by atoms with van der Waals surface area (Å²) in [5.74, 6) is 0.532. The zero-order chi connectivity index (χ0) is 28.2. The Hall–Kier alpha value is -3.78. The van der Waals surface area contributed by atoms with E-state index >= 15 is 0 Å². The summed E-state index contributed by atoms with van der Waals surface area (Å²) >= 11 is 0. The van der Waals surface area contributed by atoms with E-state index in [4.69, 9.17) is 14.5 Å². The Morgan fingerprint density at radius 1 is 1.26 bits per heavy atom. The molecule has 0 spiro atoms. The van der Waals surface area contributed by atoms with Gasteiger partial charge in [-0.05, 0) is 47.6 Å². The van der Waals surface area contributed by atoms with Crippen molar-refractivity contribution in [2.45, 2.75) is 64.1 Å². The van der Waals surface area contributed by atoms with Crippen molar-refractivity contribution in [3.63, 3.8) is 0 Å². The smallest absolute Gasteiger partial charge is 0.421 e. The first-order chi connectivity index (χ1) is 18.3. The molecule has 0 aliphatic carbocycles. The quantitative estimate of drug-likeness (QED) is 0.501. The molecule has 1 unspecified atom stereocenters. The number of amidine groups is 1. The van der Waals surface area contributed by atoms with E-state index in [9.17, 15) is 13.2 Å². The standard InChI is InChI=1S/C25H32N8O5S/c1-16(2)31-8-7-21(30-25(31,6)17-10-29-32(12-17)39(35,36)18-13-37-14-18)33(23(34)38-24(3,4)5)22-9-19-20(11-26-22)28-15-27-19/h7-12,15-16,18H,13-14H2,1-6H3,(H,27,28). The highest BCUT2D eigenvalue weighted by Crippen LogP contribution is 2.36. The first-order valence-corrected chi connectivity index (χ1v) is 14.1. The summed E-state index contributed by atoms with van der Waals surface area (Å²) in [6.45, 7) is 11.4. The fourth-order valence-corrected chi connectivity index (χ4v) is 5.69. The van der Waals surface area contributed by atoms with E-state index in [1.807, 2.05) is 31.9 Å². The van der Waals surface area contributed by atoms with Crippen LogP contribution >= 0.6 is 0 Å². The molecule has 1 fully saturated rings. The molecular formula is C25H32N8O5S. The van der Waals surface area contributed by atoms with Gasteiger partial charge in [0.05, 0.1) is 49.2 Å². The lowest BCUT2D eigenvalue weighted by Gasteiger charge is -2.43. The first-order valence-electron chi connectivity index (χ1n) is 12.6. The highest BCUT2D eigenvalue weighted by Gasteiger charge is 2.41. The monoisotopic (exact) mass is 556 g/mol. The molecule has 14 heteroatoms. The Balaban J connectivity index is 1.61. The number of nitrogens with zero attached hydrogens (tertiary/aromatic N) is 7. The van der Waals surface area contributed by atoms with Gasteiger partial charge >= 0.3 is 6.09 Å². The predicted molar refractivity (Wildman–Crippen MR) is 145 cm³/mol. The maximum Gasteiger partial charge on any atom is 0.421 e. The number of imidazole rings is 1. The molecule has 1 atom stereocenters. The molecule has 0 radical (unpaired) electrons. The number of aromatic nitrogens is 5. The van der Waals surface area contributed by atoms with Crippen LogP contribution in [0.5, 0.6) is 0 Å². The number of carbonyl (C=O) groups excluding carboxylic acids is 1. The van der Waals surface area contributed by atoms with Gasteiger partial charge < -0.3 is 19.4 Å². The number of amides is 1. The number of rotatable bonds is 5. The van der Waals surface area contributed by atoms with Crippen LogP contribution in [0, 0.1) is 0 Å². The van der Waals surface area contributed by atoms with Gasteiger partial charge in [0.2, 0.25) is 0 Å². The molecule has 0 bridgehead atoms. The number of fused-ring (bicyclic) bond motifs is 1. The average molecular weight is 557 g/mol. The van der Waals surface area contributed by atoms with Crippen molar-refractivity contribution in [3.05, 3.63) is 48.8 Å². The summed E-state index contributed by atoms with van der Waals surface area (Å²) < 4.78 is 37.7. The van der Waals surface area contributed by atoms with Crippen LogP contribution in [0.1, 0.15) is 47.1 Å². The Labute approximate surface area is 226 Å². The van der Waals surface area contributed by atoms with Crippen LogP contribution in [-0.2, 0) is 25.2 Å². The zero-order valence-corrected chi connectivity index (χ0v) is 23.5. The van der Waals surface area contributed by atoms with Gasteiger partial charge in [0.1, 0.15) is 22.5 Å². The van der Waals surface area contributed by atoms with Crippen LogP contribution in [0.15, 0.2) is 48.3 Å². The van der Waals surface area contributed by atoms with Crippen molar-refractivity contribution in [2.75, 3.05) is 18.1 Å². The van der Waals surface area contributed by atoms with E-state index in [-0.39, 0.29) is 30.9 Å². The van der Waals surface area contributed by atoms with Gasteiger partial charge in [0, 0.05) is 23.9 Å². The molecule has 208 valence electrons.